The van der Waals surface area contributed by atoms with Crippen LogP contribution in [-0.2, 0) is 16.1 Å². The number of esters is 1. The van der Waals surface area contributed by atoms with Crippen molar-refractivity contribution in [3.63, 3.8) is 0 Å². The molecule has 0 saturated carbocycles. The molecule has 3 heterocycles. The van der Waals surface area contributed by atoms with E-state index >= 15 is 0 Å². The lowest BCUT2D eigenvalue weighted by Gasteiger charge is -2.24. The number of fused-ring (bicyclic) bond motifs is 2. The Hall–Kier alpha value is -4.15. The summed E-state index contributed by atoms with van der Waals surface area (Å²) in [7, 11) is 0. The van der Waals surface area contributed by atoms with E-state index in [1.165, 1.54) is 11.3 Å². The van der Waals surface area contributed by atoms with Crippen LogP contribution in [0.4, 0.5) is 0 Å². The molecule has 0 radical (unpaired) electrons. The number of carbonyl (C=O) groups excluding carboxylic acids is 1. The Morgan fingerprint density at radius 2 is 1.88 bits per heavy atom. The molecular weight excluding hydrogens is 620 g/mol. The third-order valence-electron chi connectivity index (χ3n) is 7.00. The number of rotatable bonds is 7. The van der Waals surface area contributed by atoms with Gasteiger partial charge in [0.15, 0.2) is 16.3 Å². The maximum absolute atomic E-state index is 13.8. The number of hydrogen-bond acceptors (Lipinski definition) is 8. The van der Waals surface area contributed by atoms with Crippen molar-refractivity contribution in [1.82, 2.24) is 4.57 Å². The molecule has 8 nitrogen and oxygen atoms in total. The van der Waals surface area contributed by atoms with Gasteiger partial charge in [-0.3, -0.25) is 9.36 Å². The zero-order valence-corrected chi connectivity index (χ0v) is 25.6. The monoisotopic (exact) mass is 646 g/mol. The zero-order chi connectivity index (χ0) is 29.4. The summed E-state index contributed by atoms with van der Waals surface area (Å²) in [6, 6.07) is 18.6. The highest BCUT2D eigenvalue weighted by molar-refractivity contribution is 9.10. The van der Waals surface area contributed by atoms with E-state index < -0.39 is 12.0 Å². The Labute approximate surface area is 254 Å². The van der Waals surface area contributed by atoms with E-state index in [1.54, 1.807) is 18.4 Å². The van der Waals surface area contributed by atoms with Crippen LogP contribution in [0.15, 0.2) is 86.2 Å². The minimum atomic E-state index is -0.637. The van der Waals surface area contributed by atoms with Crippen molar-refractivity contribution < 1.29 is 23.7 Å². The minimum Gasteiger partial charge on any atom is -0.488 e. The fraction of sp³-hybridized carbons (Fsp3) is 0.219. The topological polar surface area (TPSA) is 88.4 Å². The fourth-order valence-electron chi connectivity index (χ4n) is 4.92. The van der Waals surface area contributed by atoms with Gasteiger partial charge in [0.25, 0.3) is 5.56 Å². The second-order valence-corrected chi connectivity index (χ2v) is 11.7. The molecule has 42 heavy (non-hydrogen) atoms. The van der Waals surface area contributed by atoms with Gasteiger partial charge in [0.1, 0.15) is 12.4 Å². The van der Waals surface area contributed by atoms with E-state index in [0.717, 1.165) is 32.5 Å². The molecule has 1 atom stereocenters. The minimum absolute atomic E-state index is 0.224. The summed E-state index contributed by atoms with van der Waals surface area (Å²) in [6.07, 6.45) is 1.83. The molecule has 214 valence electrons. The maximum Gasteiger partial charge on any atom is 0.338 e. The van der Waals surface area contributed by atoms with Gasteiger partial charge in [0.05, 0.1) is 32.9 Å². The predicted octanol–water partition coefficient (Wildman–Crippen LogP) is 5.18. The number of ether oxygens (including phenoxy) is 4. The summed E-state index contributed by atoms with van der Waals surface area (Å²) in [5, 5.41) is 0. The van der Waals surface area contributed by atoms with Crippen molar-refractivity contribution in [2.75, 3.05) is 13.4 Å². The third kappa shape index (κ3) is 5.39. The molecule has 10 heteroatoms. The van der Waals surface area contributed by atoms with Crippen LogP contribution in [0.1, 0.15) is 42.1 Å². The molecule has 0 aliphatic carbocycles. The standard InChI is InChI=1S/C32H27BrN2O6S/c1-4-38-31(37)28-19(3)34-32-35(29(28)22-9-5-18(2)6-10-22)30(36)27(42-32)15-20-7-11-24(23(33)13-20)39-16-21-8-12-25-26(14-21)41-17-40-25/h5-15,29H,4,16-17H2,1-3H3/b27-15+/t29-/m0/s1. The summed E-state index contributed by atoms with van der Waals surface area (Å²) in [5.74, 6) is 1.63. The van der Waals surface area contributed by atoms with E-state index in [1.807, 2.05) is 73.7 Å². The molecule has 0 saturated heterocycles. The molecular formula is C32H27BrN2O6S. The Morgan fingerprint density at radius 1 is 1.10 bits per heavy atom. The molecule has 3 aromatic carbocycles. The van der Waals surface area contributed by atoms with Gasteiger partial charge in [-0.1, -0.05) is 53.3 Å². The number of aromatic nitrogens is 1. The highest BCUT2D eigenvalue weighted by atomic mass is 79.9. The molecule has 0 spiro atoms. The second-order valence-electron chi connectivity index (χ2n) is 9.88. The summed E-state index contributed by atoms with van der Waals surface area (Å²) in [6.45, 7) is 6.34. The fourth-order valence-corrected chi connectivity index (χ4v) is 6.48. The first-order valence-corrected chi connectivity index (χ1v) is 15.0. The number of nitrogens with zero attached hydrogens (tertiary/aromatic N) is 2. The lowest BCUT2D eigenvalue weighted by Crippen LogP contribution is -2.39. The van der Waals surface area contributed by atoms with Crippen LogP contribution in [0.5, 0.6) is 17.2 Å². The van der Waals surface area contributed by atoms with Crippen LogP contribution in [-0.4, -0.2) is 23.9 Å². The average Bonchev–Trinajstić information content (AvgIpc) is 3.56. The maximum atomic E-state index is 13.8. The van der Waals surface area contributed by atoms with E-state index in [9.17, 15) is 9.59 Å². The van der Waals surface area contributed by atoms with Crippen molar-refractivity contribution in [3.05, 3.63) is 118 Å². The van der Waals surface area contributed by atoms with Crippen LogP contribution < -0.4 is 29.1 Å². The van der Waals surface area contributed by atoms with Crippen LogP contribution >= 0.6 is 27.3 Å². The second kappa shape index (κ2) is 11.6. The molecule has 2 aliphatic heterocycles. The van der Waals surface area contributed by atoms with Gasteiger partial charge in [-0.25, -0.2) is 9.79 Å². The van der Waals surface area contributed by atoms with Crippen LogP contribution in [0.3, 0.4) is 0 Å². The molecule has 4 aromatic rings. The van der Waals surface area contributed by atoms with Crippen LogP contribution in [0.25, 0.3) is 6.08 Å². The molecule has 2 aliphatic rings. The predicted molar refractivity (Wildman–Crippen MR) is 163 cm³/mol. The molecule has 1 aromatic heterocycles. The number of benzene rings is 3. The van der Waals surface area contributed by atoms with Crippen molar-refractivity contribution in [2.24, 2.45) is 4.99 Å². The summed E-state index contributed by atoms with van der Waals surface area (Å²) in [4.78, 5) is 32.1. The smallest absolute Gasteiger partial charge is 0.338 e. The first kappa shape index (κ1) is 28.0. The summed E-state index contributed by atoms with van der Waals surface area (Å²) in [5.41, 5.74) is 4.35. The lowest BCUT2D eigenvalue weighted by molar-refractivity contribution is -0.139. The Morgan fingerprint density at radius 3 is 2.64 bits per heavy atom. The molecule has 0 fully saturated rings. The summed E-state index contributed by atoms with van der Waals surface area (Å²) < 4.78 is 25.1. The molecule has 0 unspecified atom stereocenters. The number of allylic oxidation sites excluding steroid dienone is 1. The Kier molecular flexibility index (Phi) is 7.74. The average molecular weight is 648 g/mol. The van der Waals surface area contributed by atoms with E-state index in [0.29, 0.717) is 38.7 Å². The van der Waals surface area contributed by atoms with Crippen molar-refractivity contribution >= 4 is 39.3 Å². The Balaban J connectivity index is 1.32. The van der Waals surface area contributed by atoms with Gasteiger partial charge in [-0.2, -0.15) is 0 Å². The largest absolute Gasteiger partial charge is 0.488 e. The number of aryl methyl sites for hydroxylation is 1. The lowest BCUT2D eigenvalue weighted by atomic mass is 9.95. The molecule has 6 rings (SSSR count). The Bertz CT molecular complexity index is 1910. The molecule has 0 amide bonds. The van der Waals surface area contributed by atoms with Crippen LogP contribution in [0, 0.1) is 6.92 Å². The number of hydrogen-bond donors (Lipinski definition) is 0. The van der Waals surface area contributed by atoms with Gasteiger partial charge in [0.2, 0.25) is 6.79 Å². The number of halogens is 1. The summed E-state index contributed by atoms with van der Waals surface area (Å²) >= 11 is 4.90. The SMILES string of the molecule is CCOC(=O)C1=C(C)N=c2s/c(=C/c3ccc(OCc4ccc5c(c4)OCO5)c(Br)c3)c(=O)n2[C@H]1c1ccc(C)cc1. The van der Waals surface area contributed by atoms with Crippen molar-refractivity contribution in [2.45, 2.75) is 33.4 Å². The van der Waals surface area contributed by atoms with E-state index in [2.05, 4.69) is 20.9 Å². The number of carbonyl (C=O) groups is 1. The van der Waals surface area contributed by atoms with Gasteiger partial charge in [-0.15, -0.1) is 0 Å². The molecule has 0 N–H and O–H groups in total. The van der Waals surface area contributed by atoms with Gasteiger partial charge in [0, 0.05) is 0 Å². The van der Waals surface area contributed by atoms with E-state index in [-0.39, 0.29) is 19.0 Å². The quantitative estimate of drug-likeness (QED) is 0.257. The van der Waals surface area contributed by atoms with Crippen molar-refractivity contribution in [3.8, 4) is 17.2 Å². The van der Waals surface area contributed by atoms with E-state index in [4.69, 9.17) is 18.9 Å². The van der Waals surface area contributed by atoms with Gasteiger partial charge in [-0.05, 0) is 83.7 Å². The molecule has 0 bridgehead atoms. The van der Waals surface area contributed by atoms with Gasteiger partial charge < -0.3 is 18.9 Å². The third-order valence-corrected chi connectivity index (χ3v) is 8.60. The first-order chi connectivity index (χ1) is 20.3. The highest BCUT2D eigenvalue weighted by Gasteiger charge is 2.33. The highest BCUT2D eigenvalue weighted by Crippen LogP contribution is 2.34. The zero-order valence-electron chi connectivity index (χ0n) is 23.2. The van der Waals surface area contributed by atoms with Crippen LogP contribution in [0.2, 0.25) is 0 Å². The first-order valence-electron chi connectivity index (χ1n) is 13.4. The number of thiazole rings is 1. The van der Waals surface area contributed by atoms with Crippen molar-refractivity contribution in [1.29, 1.82) is 0 Å². The normalized spacial score (nSPS) is 15.8. The van der Waals surface area contributed by atoms with Gasteiger partial charge >= 0.3 is 5.97 Å².